The maximum Gasteiger partial charge on any atom is 0.165 e. The van der Waals surface area contributed by atoms with E-state index in [4.69, 9.17) is 9.47 Å². The second kappa shape index (κ2) is 5.23. The molecule has 122 valence electrons. The predicted molar refractivity (Wildman–Crippen MR) is 85.9 cm³/mol. The fraction of sp³-hybridized carbons (Fsp3) is 1.00. The van der Waals surface area contributed by atoms with Crippen molar-refractivity contribution >= 4 is 0 Å². The van der Waals surface area contributed by atoms with Crippen LogP contribution in [0.4, 0.5) is 0 Å². The van der Waals surface area contributed by atoms with Crippen LogP contribution < -0.4 is 0 Å². The number of rotatable bonds is 3. The van der Waals surface area contributed by atoms with Crippen molar-refractivity contribution in [2.24, 2.45) is 40.9 Å². The molecule has 2 aliphatic carbocycles. The summed E-state index contributed by atoms with van der Waals surface area (Å²) in [5.41, 5.74) is 0.319. The summed E-state index contributed by atoms with van der Waals surface area (Å²) in [6.07, 6.45) is 3.70. The quantitative estimate of drug-likeness (QED) is 0.749. The third-order valence-corrected chi connectivity index (χ3v) is 6.98. The molecular formula is C19H34O2. The van der Waals surface area contributed by atoms with E-state index in [9.17, 15) is 0 Å². The molecule has 1 saturated heterocycles. The Hall–Kier alpha value is -0.0800. The molecule has 0 aromatic carbocycles. The molecule has 4 atom stereocenters. The molecule has 0 aromatic rings. The molecule has 3 fully saturated rings. The first-order valence-corrected chi connectivity index (χ1v) is 9.10. The van der Waals surface area contributed by atoms with Gasteiger partial charge in [0, 0.05) is 5.41 Å². The van der Waals surface area contributed by atoms with Crippen LogP contribution in [0.15, 0.2) is 0 Å². The van der Waals surface area contributed by atoms with Gasteiger partial charge >= 0.3 is 0 Å². The Morgan fingerprint density at radius 3 is 2.05 bits per heavy atom. The summed E-state index contributed by atoms with van der Waals surface area (Å²) in [6.45, 7) is 15.8. The van der Waals surface area contributed by atoms with Crippen molar-refractivity contribution in [3.05, 3.63) is 0 Å². The zero-order valence-electron chi connectivity index (χ0n) is 14.8. The van der Waals surface area contributed by atoms with Gasteiger partial charge < -0.3 is 9.47 Å². The SMILES string of the molecule is CCC1(C)OCC2(CO1)CC1CC2C(C(C)C)C1C(C)C. The Balaban J connectivity index is 1.80. The van der Waals surface area contributed by atoms with Crippen LogP contribution in [-0.2, 0) is 9.47 Å². The van der Waals surface area contributed by atoms with Gasteiger partial charge in [0.05, 0.1) is 13.2 Å². The van der Waals surface area contributed by atoms with E-state index in [0.717, 1.165) is 55.1 Å². The van der Waals surface area contributed by atoms with Crippen LogP contribution in [-0.4, -0.2) is 19.0 Å². The van der Waals surface area contributed by atoms with Crippen molar-refractivity contribution in [1.82, 2.24) is 0 Å². The third-order valence-electron chi connectivity index (χ3n) is 6.98. The summed E-state index contributed by atoms with van der Waals surface area (Å²) < 4.78 is 12.4. The van der Waals surface area contributed by atoms with Gasteiger partial charge in [-0.05, 0) is 61.7 Å². The van der Waals surface area contributed by atoms with Crippen molar-refractivity contribution in [2.45, 2.75) is 66.6 Å². The van der Waals surface area contributed by atoms with Crippen LogP contribution in [0.5, 0.6) is 0 Å². The zero-order chi connectivity index (χ0) is 15.4. The average Bonchev–Trinajstić information content (AvgIpc) is 2.98. The molecule has 2 heteroatoms. The smallest absolute Gasteiger partial charge is 0.165 e. The number of hydrogen-bond acceptors (Lipinski definition) is 2. The minimum atomic E-state index is -0.335. The van der Waals surface area contributed by atoms with E-state index >= 15 is 0 Å². The van der Waals surface area contributed by atoms with Crippen LogP contribution in [0, 0.1) is 40.9 Å². The predicted octanol–water partition coefficient (Wildman–Crippen LogP) is 4.73. The van der Waals surface area contributed by atoms with E-state index in [2.05, 4.69) is 41.5 Å². The maximum absolute atomic E-state index is 6.21. The molecule has 2 saturated carbocycles. The minimum Gasteiger partial charge on any atom is -0.350 e. The summed E-state index contributed by atoms with van der Waals surface area (Å²) >= 11 is 0. The fourth-order valence-electron chi connectivity index (χ4n) is 5.88. The van der Waals surface area contributed by atoms with E-state index in [1.165, 1.54) is 12.8 Å². The molecule has 0 radical (unpaired) electrons. The maximum atomic E-state index is 6.21. The van der Waals surface area contributed by atoms with Gasteiger partial charge in [0.25, 0.3) is 0 Å². The molecular weight excluding hydrogens is 260 g/mol. The summed E-state index contributed by atoms with van der Waals surface area (Å²) in [6, 6.07) is 0. The number of ether oxygens (including phenoxy) is 2. The van der Waals surface area contributed by atoms with Crippen LogP contribution in [0.25, 0.3) is 0 Å². The van der Waals surface area contributed by atoms with Crippen LogP contribution in [0.3, 0.4) is 0 Å². The molecule has 1 spiro atoms. The topological polar surface area (TPSA) is 18.5 Å². The van der Waals surface area contributed by atoms with Crippen molar-refractivity contribution < 1.29 is 9.47 Å². The highest BCUT2D eigenvalue weighted by Gasteiger charge is 2.62. The average molecular weight is 294 g/mol. The van der Waals surface area contributed by atoms with Crippen LogP contribution in [0.2, 0.25) is 0 Å². The number of fused-ring (bicyclic) bond motifs is 3. The van der Waals surface area contributed by atoms with Gasteiger partial charge in [0.1, 0.15) is 0 Å². The third kappa shape index (κ3) is 2.37. The molecule has 1 aliphatic heterocycles. The van der Waals surface area contributed by atoms with Crippen LogP contribution in [0.1, 0.15) is 60.8 Å². The molecule has 1 heterocycles. The lowest BCUT2D eigenvalue weighted by Crippen LogP contribution is -2.53. The van der Waals surface area contributed by atoms with Gasteiger partial charge in [-0.1, -0.05) is 34.6 Å². The Bertz CT molecular complexity index is 379. The van der Waals surface area contributed by atoms with E-state index in [1.807, 2.05) is 0 Å². The highest BCUT2D eigenvalue weighted by Crippen LogP contribution is 2.65. The monoisotopic (exact) mass is 294 g/mol. The Morgan fingerprint density at radius 2 is 1.57 bits per heavy atom. The van der Waals surface area contributed by atoms with Crippen molar-refractivity contribution in [3.8, 4) is 0 Å². The zero-order valence-corrected chi connectivity index (χ0v) is 14.8. The van der Waals surface area contributed by atoms with Crippen LogP contribution >= 0.6 is 0 Å². The summed E-state index contributed by atoms with van der Waals surface area (Å²) in [5, 5.41) is 0. The van der Waals surface area contributed by atoms with Gasteiger partial charge in [-0.15, -0.1) is 0 Å². The molecule has 4 unspecified atom stereocenters. The van der Waals surface area contributed by atoms with E-state index < -0.39 is 0 Å². The van der Waals surface area contributed by atoms with E-state index in [1.54, 1.807) is 0 Å². The summed E-state index contributed by atoms with van der Waals surface area (Å²) in [5.74, 6) is 4.76. The van der Waals surface area contributed by atoms with Crippen molar-refractivity contribution in [2.75, 3.05) is 13.2 Å². The lowest BCUT2D eigenvalue weighted by atomic mass is 9.60. The molecule has 3 aliphatic rings. The lowest BCUT2D eigenvalue weighted by molar-refractivity contribution is -0.308. The molecule has 0 amide bonds. The molecule has 3 rings (SSSR count). The number of hydrogen-bond donors (Lipinski definition) is 0. The molecule has 21 heavy (non-hydrogen) atoms. The summed E-state index contributed by atoms with van der Waals surface area (Å²) in [7, 11) is 0. The van der Waals surface area contributed by atoms with Gasteiger partial charge in [0.15, 0.2) is 5.79 Å². The van der Waals surface area contributed by atoms with Gasteiger partial charge in [-0.25, -0.2) is 0 Å². The van der Waals surface area contributed by atoms with Crippen molar-refractivity contribution in [1.29, 1.82) is 0 Å². The largest absolute Gasteiger partial charge is 0.350 e. The van der Waals surface area contributed by atoms with Crippen molar-refractivity contribution in [3.63, 3.8) is 0 Å². The standard InChI is InChI=1S/C19H34O2/c1-7-18(6)20-10-19(11-21-18)9-14-8-15(19)17(13(4)5)16(14)12(2)3/h12-17H,7-11H2,1-6H3. The van der Waals surface area contributed by atoms with Gasteiger partial charge in [-0.3, -0.25) is 0 Å². The van der Waals surface area contributed by atoms with Gasteiger partial charge in [-0.2, -0.15) is 0 Å². The first-order valence-electron chi connectivity index (χ1n) is 9.10. The second-order valence-corrected chi connectivity index (χ2v) is 8.88. The Morgan fingerprint density at radius 1 is 1.00 bits per heavy atom. The normalized spacial score (nSPS) is 49.7. The lowest BCUT2D eigenvalue weighted by Gasteiger charge is -2.52. The highest BCUT2D eigenvalue weighted by atomic mass is 16.7. The minimum absolute atomic E-state index is 0.319. The van der Waals surface area contributed by atoms with E-state index in [-0.39, 0.29) is 5.79 Å². The highest BCUT2D eigenvalue weighted by molar-refractivity contribution is 5.09. The Kier molecular flexibility index (Phi) is 3.94. The Labute approximate surface area is 131 Å². The molecule has 2 bridgehead atoms. The van der Waals surface area contributed by atoms with Gasteiger partial charge in [0.2, 0.25) is 0 Å². The molecule has 0 N–H and O–H groups in total. The summed E-state index contributed by atoms with van der Waals surface area (Å²) in [4.78, 5) is 0. The molecule has 0 aromatic heterocycles. The fourth-order valence-corrected chi connectivity index (χ4v) is 5.88. The second-order valence-electron chi connectivity index (χ2n) is 8.88. The first-order chi connectivity index (χ1) is 9.82. The molecule has 2 nitrogen and oxygen atoms in total. The van der Waals surface area contributed by atoms with E-state index in [0.29, 0.717) is 5.41 Å². The first kappa shape index (κ1) is 15.8.